The van der Waals surface area contributed by atoms with Crippen LogP contribution in [0.25, 0.3) is 0 Å². The van der Waals surface area contributed by atoms with E-state index >= 15 is 0 Å². The summed E-state index contributed by atoms with van der Waals surface area (Å²) in [5.74, 6) is 0.497. The van der Waals surface area contributed by atoms with Crippen molar-refractivity contribution in [3.05, 3.63) is 29.6 Å². The Morgan fingerprint density at radius 2 is 2.06 bits per heavy atom. The van der Waals surface area contributed by atoms with Crippen LogP contribution in [-0.4, -0.2) is 16.2 Å². The summed E-state index contributed by atoms with van der Waals surface area (Å²) in [4.78, 5) is 4.35. The Morgan fingerprint density at radius 3 is 2.69 bits per heavy atom. The van der Waals surface area contributed by atoms with Crippen molar-refractivity contribution in [2.24, 2.45) is 5.92 Å². The lowest BCUT2D eigenvalue weighted by Crippen LogP contribution is -2.25. The van der Waals surface area contributed by atoms with E-state index in [4.69, 9.17) is 0 Å². The second kappa shape index (κ2) is 5.44. The van der Waals surface area contributed by atoms with Gasteiger partial charge < -0.3 is 5.11 Å². The van der Waals surface area contributed by atoms with Crippen molar-refractivity contribution in [3.63, 3.8) is 0 Å². The summed E-state index contributed by atoms with van der Waals surface area (Å²) >= 11 is 0. The van der Waals surface area contributed by atoms with Crippen LogP contribution < -0.4 is 0 Å². The maximum absolute atomic E-state index is 10.2. The van der Waals surface area contributed by atoms with Gasteiger partial charge in [0.1, 0.15) is 0 Å². The first-order chi connectivity index (χ1) is 7.75. The number of aliphatic hydroxyl groups excluding tert-OH is 1. The molecule has 1 aromatic rings. The lowest BCUT2D eigenvalue weighted by molar-refractivity contribution is 0.0843. The third-order valence-electron chi connectivity index (χ3n) is 3.58. The minimum Gasteiger partial charge on any atom is -0.392 e. The van der Waals surface area contributed by atoms with Gasteiger partial charge in [0, 0.05) is 18.3 Å². The van der Waals surface area contributed by atoms with Gasteiger partial charge in [0.2, 0.25) is 0 Å². The molecule has 1 atom stereocenters. The third kappa shape index (κ3) is 3.05. The number of hydrogen-bond donors (Lipinski definition) is 1. The SMILES string of the molecule is Cc1ccc(CC(O)C2CCCCC2)nc1. The van der Waals surface area contributed by atoms with Crippen LogP contribution in [-0.2, 0) is 6.42 Å². The first-order valence-corrected chi connectivity index (χ1v) is 6.35. The fourth-order valence-electron chi connectivity index (χ4n) is 2.52. The van der Waals surface area contributed by atoms with Gasteiger partial charge in [-0.1, -0.05) is 25.3 Å². The predicted molar refractivity (Wildman–Crippen MR) is 65.3 cm³/mol. The van der Waals surface area contributed by atoms with Crippen LogP contribution >= 0.6 is 0 Å². The highest BCUT2D eigenvalue weighted by molar-refractivity contribution is 5.12. The molecule has 1 saturated carbocycles. The van der Waals surface area contributed by atoms with Crippen molar-refractivity contribution in [1.29, 1.82) is 0 Å². The number of aromatic nitrogens is 1. The maximum Gasteiger partial charge on any atom is 0.0623 e. The van der Waals surface area contributed by atoms with Gasteiger partial charge in [-0.05, 0) is 37.3 Å². The second-order valence-corrected chi connectivity index (χ2v) is 5.00. The zero-order chi connectivity index (χ0) is 11.4. The summed E-state index contributed by atoms with van der Waals surface area (Å²) in [5, 5.41) is 10.2. The molecule has 0 spiro atoms. The average molecular weight is 219 g/mol. The Hall–Kier alpha value is -0.890. The Morgan fingerprint density at radius 1 is 1.31 bits per heavy atom. The first-order valence-electron chi connectivity index (χ1n) is 6.35. The molecule has 16 heavy (non-hydrogen) atoms. The monoisotopic (exact) mass is 219 g/mol. The molecule has 1 unspecified atom stereocenters. The lowest BCUT2D eigenvalue weighted by atomic mass is 9.84. The van der Waals surface area contributed by atoms with E-state index in [0.717, 1.165) is 5.69 Å². The van der Waals surface area contributed by atoms with Crippen LogP contribution in [0, 0.1) is 12.8 Å². The van der Waals surface area contributed by atoms with Crippen molar-refractivity contribution < 1.29 is 5.11 Å². The van der Waals surface area contributed by atoms with Crippen LogP contribution in [0.3, 0.4) is 0 Å². The molecule has 1 aromatic heterocycles. The zero-order valence-electron chi connectivity index (χ0n) is 10.0. The molecule has 1 aliphatic carbocycles. The largest absolute Gasteiger partial charge is 0.392 e. The maximum atomic E-state index is 10.2. The molecule has 1 heterocycles. The molecule has 0 saturated heterocycles. The average Bonchev–Trinajstić information content (AvgIpc) is 2.33. The molecular formula is C14H21NO. The van der Waals surface area contributed by atoms with Crippen LogP contribution in [0.4, 0.5) is 0 Å². The summed E-state index contributed by atoms with van der Waals surface area (Å²) in [7, 11) is 0. The molecule has 0 radical (unpaired) electrons. The smallest absolute Gasteiger partial charge is 0.0623 e. The third-order valence-corrected chi connectivity index (χ3v) is 3.58. The van der Waals surface area contributed by atoms with E-state index in [2.05, 4.69) is 11.1 Å². The fraction of sp³-hybridized carbons (Fsp3) is 0.643. The molecular weight excluding hydrogens is 198 g/mol. The van der Waals surface area contributed by atoms with E-state index in [1.165, 1.54) is 37.7 Å². The van der Waals surface area contributed by atoms with Crippen molar-refractivity contribution in [1.82, 2.24) is 4.98 Å². The van der Waals surface area contributed by atoms with E-state index < -0.39 is 0 Å². The van der Waals surface area contributed by atoms with Gasteiger partial charge in [-0.3, -0.25) is 4.98 Å². The number of aryl methyl sites for hydroxylation is 1. The summed E-state index contributed by atoms with van der Waals surface area (Å²) < 4.78 is 0. The highest BCUT2D eigenvalue weighted by Gasteiger charge is 2.21. The second-order valence-electron chi connectivity index (χ2n) is 5.00. The Labute approximate surface area is 97.7 Å². The van der Waals surface area contributed by atoms with Gasteiger partial charge in [0.05, 0.1) is 6.10 Å². The van der Waals surface area contributed by atoms with Gasteiger partial charge in [-0.15, -0.1) is 0 Å². The van der Waals surface area contributed by atoms with Crippen LogP contribution in [0.15, 0.2) is 18.3 Å². The highest BCUT2D eigenvalue weighted by atomic mass is 16.3. The number of rotatable bonds is 3. The van der Waals surface area contributed by atoms with E-state index in [9.17, 15) is 5.11 Å². The molecule has 0 amide bonds. The number of hydrogen-bond acceptors (Lipinski definition) is 2. The number of pyridine rings is 1. The summed E-state index contributed by atoms with van der Waals surface area (Å²) in [6, 6.07) is 4.09. The highest BCUT2D eigenvalue weighted by Crippen LogP contribution is 2.27. The topological polar surface area (TPSA) is 33.1 Å². The molecule has 1 N–H and O–H groups in total. The van der Waals surface area contributed by atoms with Crippen molar-refractivity contribution in [3.8, 4) is 0 Å². The summed E-state index contributed by atoms with van der Waals surface area (Å²) in [6.07, 6.45) is 8.67. The Balaban J connectivity index is 1.90. The van der Waals surface area contributed by atoms with Crippen LogP contribution in [0.2, 0.25) is 0 Å². The van der Waals surface area contributed by atoms with Crippen LogP contribution in [0.5, 0.6) is 0 Å². The molecule has 2 rings (SSSR count). The Bertz CT molecular complexity index is 314. The standard InChI is InChI=1S/C14H21NO/c1-11-7-8-13(15-10-11)9-14(16)12-5-3-2-4-6-12/h7-8,10,12,14,16H,2-6,9H2,1H3. The van der Waals surface area contributed by atoms with Crippen molar-refractivity contribution >= 4 is 0 Å². The van der Waals surface area contributed by atoms with Gasteiger partial charge in [0.25, 0.3) is 0 Å². The molecule has 2 nitrogen and oxygen atoms in total. The first kappa shape index (κ1) is 11.6. The molecule has 0 bridgehead atoms. The Kier molecular flexibility index (Phi) is 3.94. The quantitative estimate of drug-likeness (QED) is 0.848. The fourth-order valence-corrected chi connectivity index (χ4v) is 2.52. The van der Waals surface area contributed by atoms with Gasteiger partial charge in [0.15, 0.2) is 0 Å². The zero-order valence-corrected chi connectivity index (χ0v) is 10.0. The molecule has 0 aromatic carbocycles. The van der Waals surface area contributed by atoms with E-state index in [0.29, 0.717) is 12.3 Å². The van der Waals surface area contributed by atoms with Crippen molar-refractivity contribution in [2.75, 3.05) is 0 Å². The summed E-state index contributed by atoms with van der Waals surface area (Å²) in [6.45, 7) is 2.04. The molecule has 1 aliphatic rings. The van der Waals surface area contributed by atoms with E-state index in [1.54, 1.807) is 0 Å². The van der Waals surface area contributed by atoms with Gasteiger partial charge in [-0.2, -0.15) is 0 Å². The minimum atomic E-state index is -0.199. The van der Waals surface area contributed by atoms with Gasteiger partial charge in [-0.25, -0.2) is 0 Å². The van der Waals surface area contributed by atoms with E-state index in [1.807, 2.05) is 19.2 Å². The predicted octanol–water partition coefficient (Wildman–Crippen LogP) is 2.87. The molecule has 0 aliphatic heterocycles. The number of nitrogens with zero attached hydrogens (tertiary/aromatic N) is 1. The molecule has 1 fully saturated rings. The normalized spacial score (nSPS) is 19.6. The van der Waals surface area contributed by atoms with Crippen LogP contribution in [0.1, 0.15) is 43.4 Å². The lowest BCUT2D eigenvalue weighted by Gasteiger charge is -2.26. The minimum absolute atomic E-state index is 0.199. The van der Waals surface area contributed by atoms with E-state index in [-0.39, 0.29) is 6.10 Å². The number of aliphatic hydroxyl groups is 1. The molecule has 2 heteroatoms. The van der Waals surface area contributed by atoms with Crippen molar-refractivity contribution in [2.45, 2.75) is 51.6 Å². The van der Waals surface area contributed by atoms with Gasteiger partial charge >= 0.3 is 0 Å². The molecule has 88 valence electrons. The summed E-state index contributed by atoms with van der Waals surface area (Å²) in [5.41, 5.74) is 2.19.